The van der Waals surface area contributed by atoms with Crippen LogP contribution in [-0.2, 0) is 19.9 Å². The van der Waals surface area contributed by atoms with Crippen LogP contribution in [0.25, 0.3) is 0 Å². The van der Waals surface area contributed by atoms with Gasteiger partial charge in [-0.05, 0) is 13.8 Å². The summed E-state index contributed by atoms with van der Waals surface area (Å²) < 4.78 is 5.92. The van der Waals surface area contributed by atoms with Crippen LogP contribution in [0.4, 0.5) is 5.69 Å². The van der Waals surface area contributed by atoms with Gasteiger partial charge in [0.2, 0.25) is 5.91 Å². The molecule has 22 heavy (non-hydrogen) atoms. The molecule has 0 radical (unpaired) electrons. The Labute approximate surface area is 126 Å². The fourth-order valence-corrected chi connectivity index (χ4v) is 1.65. The van der Waals surface area contributed by atoms with E-state index in [0.717, 1.165) is 17.1 Å². The van der Waals surface area contributed by atoms with Crippen molar-refractivity contribution in [1.82, 2.24) is 15.1 Å². The number of carbonyl (C=O) groups is 2. The molecular weight excluding hydrogens is 296 g/mol. The largest absolute Gasteiger partial charge is 0.480 e. The van der Waals surface area contributed by atoms with Crippen LogP contribution in [0.15, 0.2) is 12.4 Å². The fourth-order valence-electron chi connectivity index (χ4n) is 1.65. The average Bonchev–Trinajstić information content (AvgIpc) is 2.93. The summed E-state index contributed by atoms with van der Waals surface area (Å²) in [4.78, 5) is 33.4. The zero-order valence-electron chi connectivity index (χ0n) is 12.5. The van der Waals surface area contributed by atoms with E-state index in [0.29, 0.717) is 0 Å². The van der Waals surface area contributed by atoms with Crippen LogP contribution in [-0.4, -0.2) is 51.4 Å². The Morgan fingerprint density at radius 1 is 1.59 bits per heavy atom. The summed E-state index contributed by atoms with van der Waals surface area (Å²) in [6.07, 6.45) is 2.24. The maximum atomic E-state index is 12.3. The van der Waals surface area contributed by atoms with Gasteiger partial charge in [0.05, 0.1) is 4.92 Å². The Kier molecular flexibility index (Phi) is 5.57. The van der Waals surface area contributed by atoms with Gasteiger partial charge in [-0.1, -0.05) is 0 Å². The SMILES string of the molecule is COCCC(NC(=O)C(C)(C)n1cc([N+](=O)[O-])cn1)C(=O)O. The van der Waals surface area contributed by atoms with Gasteiger partial charge in [0, 0.05) is 20.1 Å². The quantitative estimate of drug-likeness (QED) is 0.514. The van der Waals surface area contributed by atoms with Gasteiger partial charge >= 0.3 is 11.7 Å². The number of nitrogens with zero attached hydrogens (tertiary/aromatic N) is 3. The summed E-state index contributed by atoms with van der Waals surface area (Å²) in [6.45, 7) is 3.13. The maximum Gasteiger partial charge on any atom is 0.326 e. The van der Waals surface area contributed by atoms with Crippen LogP contribution in [0, 0.1) is 10.1 Å². The lowest BCUT2D eigenvalue weighted by Gasteiger charge is -2.26. The molecule has 1 aromatic rings. The molecule has 1 unspecified atom stereocenters. The van der Waals surface area contributed by atoms with Crippen molar-refractivity contribution in [2.24, 2.45) is 0 Å². The molecular formula is C12H18N4O6. The molecule has 2 N–H and O–H groups in total. The summed E-state index contributed by atoms with van der Waals surface area (Å²) in [5, 5.41) is 25.9. The maximum absolute atomic E-state index is 12.3. The molecule has 0 aliphatic heterocycles. The number of nitrogens with one attached hydrogen (secondary N) is 1. The Bertz CT molecular complexity index is 568. The third kappa shape index (κ3) is 4.01. The Morgan fingerprint density at radius 3 is 2.68 bits per heavy atom. The van der Waals surface area contributed by atoms with E-state index in [1.54, 1.807) is 0 Å². The van der Waals surface area contributed by atoms with Crippen molar-refractivity contribution in [3.8, 4) is 0 Å². The molecule has 1 atom stereocenters. The number of carboxylic acids is 1. The summed E-state index contributed by atoms with van der Waals surface area (Å²) >= 11 is 0. The molecule has 0 saturated carbocycles. The fraction of sp³-hybridized carbons (Fsp3) is 0.583. The van der Waals surface area contributed by atoms with Crippen LogP contribution < -0.4 is 5.32 Å². The predicted molar refractivity (Wildman–Crippen MR) is 74.3 cm³/mol. The lowest BCUT2D eigenvalue weighted by atomic mass is 10.0. The van der Waals surface area contributed by atoms with Gasteiger partial charge in [-0.2, -0.15) is 5.10 Å². The number of aliphatic carboxylic acids is 1. The first-order valence-electron chi connectivity index (χ1n) is 6.42. The molecule has 0 saturated heterocycles. The normalized spacial score (nSPS) is 12.7. The number of methoxy groups -OCH3 is 1. The molecule has 1 amide bonds. The number of nitro groups is 1. The average molecular weight is 314 g/mol. The third-order valence-corrected chi connectivity index (χ3v) is 3.12. The molecule has 10 heteroatoms. The van der Waals surface area contributed by atoms with Crippen LogP contribution in [0.1, 0.15) is 20.3 Å². The van der Waals surface area contributed by atoms with Crippen molar-refractivity contribution < 1.29 is 24.4 Å². The number of amides is 1. The van der Waals surface area contributed by atoms with Crippen molar-refractivity contribution in [2.45, 2.75) is 31.8 Å². The highest BCUT2D eigenvalue weighted by atomic mass is 16.6. The molecule has 0 bridgehead atoms. The molecule has 0 spiro atoms. The molecule has 0 fully saturated rings. The molecule has 1 aromatic heterocycles. The third-order valence-electron chi connectivity index (χ3n) is 3.12. The summed E-state index contributed by atoms with van der Waals surface area (Å²) in [5.41, 5.74) is -1.54. The van der Waals surface area contributed by atoms with Gasteiger partial charge in [-0.3, -0.25) is 19.6 Å². The number of ether oxygens (including phenoxy) is 1. The molecule has 122 valence electrons. The molecule has 0 aliphatic rings. The highest BCUT2D eigenvalue weighted by Gasteiger charge is 2.34. The van der Waals surface area contributed by atoms with E-state index in [9.17, 15) is 19.7 Å². The highest BCUT2D eigenvalue weighted by Crippen LogP contribution is 2.19. The predicted octanol–water partition coefficient (Wildman–Crippen LogP) is 0.132. The smallest absolute Gasteiger partial charge is 0.326 e. The standard InChI is InChI=1S/C12H18N4O6/c1-12(2,15-7-8(6-13-15)16(20)21)11(19)14-9(10(17)18)4-5-22-3/h6-7,9H,4-5H2,1-3H3,(H,14,19)(H,17,18). The molecule has 10 nitrogen and oxygen atoms in total. The minimum atomic E-state index is -1.28. The summed E-state index contributed by atoms with van der Waals surface area (Å²) in [7, 11) is 1.42. The molecule has 1 heterocycles. The number of carboxylic acid groups (broad SMARTS) is 1. The number of carbonyl (C=O) groups excluding carboxylic acids is 1. The molecule has 0 aliphatic carbocycles. The minimum Gasteiger partial charge on any atom is -0.480 e. The zero-order chi connectivity index (χ0) is 16.9. The van der Waals surface area contributed by atoms with Crippen molar-refractivity contribution in [1.29, 1.82) is 0 Å². The van der Waals surface area contributed by atoms with Crippen LogP contribution >= 0.6 is 0 Å². The minimum absolute atomic E-state index is 0.104. The van der Waals surface area contributed by atoms with E-state index >= 15 is 0 Å². The van der Waals surface area contributed by atoms with Crippen LogP contribution in [0.5, 0.6) is 0 Å². The monoisotopic (exact) mass is 314 g/mol. The second-order valence-corrected chi connectivity index (χ2v) is 5.10. The summed E-state index contributed by atoms with van der Waals surface area (Å²) in [5.74, 6) is -1.80. The van der Waals surface area contributed by atoms with E-state index < -0.39 is 28.4 Å². The Balaban J connectivity index is 2.88. The number of aromatic nitrogens is 2. The lowest BCUT2D eigenvalue weighted by Crippen LogP contribution is -2.51. The van der Waals surface area contributed by atoms with Crippen molar-refractivity contribution in [3.05, 3.63) is 22.5 Å². The van der Waals surface area contributed by atoms with E-state index in [1.807, 2.05) is 0 Å². The van der Waals surface area contributed by atoms with Gasteiger partial charge in [0.25, 0.3) is 0 Å². The first-order valence-corrected chi connectivity index (χ1v) is 6.42. The zero-order valence-corrected chi connectivity index (χ0v) is 12.5. The first kappa shape index (κ1) is 17.6. The van der Waals surface area contributed by atoms with Crippen molar-refractivity contribution in [2.75, 3.05) is 13.7 Å². The second-order valence-electron chi connectivity index (χ2n) is 5.10. The second kappa shape index (κ2) is 6.98. The Morgan fingerprint density at radius 2 is 2.23 bits per heavy atom. The van der Waals surface area contributed by atoms with Crippen molar-refractivity contribution >= 4 is 17.6 Å². The van der Waals surface area contributed by atoms with Gasteiger partial charge in [-0.25, -0.2) is 4.79 Å². The number of hydrogen-bond donors (Lipinski definition) is 2. The molecule has 0 aromatic carbocycles. The number of hydrogen-bond acceptors (Lipinski definition) is 6. The lowest BCUT2D eigenvalue weighted by molar-refractivity contribution is -0.385. The van der Waals surface area contributed by atoms with E-state index in [1.165, 1.54) is 21.0 Å². The summed E-state index contributed by atoms with van der Waals surface area (Å²) in [6, 6.07) is -1.11. The van der Waals surface area contributed by atoms with E-state index in [-0.39, 0.29) is 18.7 Å². The van der Waals surface area contributed by atoms with Gasteiger partial charge in [0.15, 0.2) is 0 Å². The van der Waals surface area contributed by atoms with Gasteiger partial charge in [-0.15, -0.1) is 0 Å². The van der Waals surface area contributed by atoms with E-state index in [2.05, 4.69) is 10.4 Å². The van der Waals surface area contributed by atoms with Crippen molar-refractivity contribution in [3.63, 3.8) is 0 Å². The first-order chi connectivity index (χ1) is 10.2. The van der Waals surface area contributed by atoms with Gasteiger partial charge < -0.3 is 15.2 Å². The highest BCUT2D eigenvalue weighted by molar-refractivity contribution is 5.88. The van der Waals surface area contributed by atoms with Crippen LogP contribution in [0.3, 0.4) is 0 Å². The topological polar surface area (TPSA) is 137 Å². The van der Waals surface area contributed by atoms with Gasteiger partial charge in [0.1, 0.15) is 24.0 Å². The Hall–Kier alpha value is -2.49. The molecule has 1 rings (SSSR count). The van der Waals surface area contributed by atoms with Crippen LogP contribution in [0.2, 0.25) is 0 Å². The number of rotatable bonds is 8. The van der Waals surface area contributed by atoms with E-state index in [4.69, 9.17) is 9.84 Å².